The lowest BCUT2D eigenvalue weighted by molar-refractivity contribution is 0.208. The normalized spacial score (nSPS) is 25.9. The van der Waals surface area contributed by atoms with Gasteiger partial charge in [-0.15, -0.1) is 0 Å². The van der Waals surface area contributed by atoms with Crippen molar-refractivity contribution < 1.29 is 4.39 Å². The third-order valence-electron chi connectivity index (χ3n) is 4.37. The van der Waals surface area contributed by atoms with Gasteiger partial charge in [0.1, 0.15) is 5.82 Å². The number of nitrogens with two attached hydrogens (primary N) is 1. The maximum Gasteiger partial charge on any atom is 0.123 e. The van der Waals surface area contributed by atoms with Crippen LogP contribution in [0, 0.1) is 5.82 Å². The molecule has 0 unspecified atom stereocenters. The predicted octanol–water partition coefficient (Wildman–Crippen LogP) is 3.60. The lowest BCUT2D eigenvalue weighted by Gasteiger charge is -2.48. The van der Waals surface area contributed by atoms with Crippen LogP contribution in [0.3, 0.4) is 0 Å². The molecule has 0 bridgehead atoms. The Bertz CT molecular complexity index is 558. The second-order valence-electron chi connectivity index (χ2n) is 5.51. The van der Waals surface area contributed by atoms with Gasteiger partial charge in [0.05, 0.1) is 0 Å². The third kappa shape index (κ3) is 2.17. The topological polar surface area (TPSA) is 26.0 Å². The van der Waals surface area contributed by atoms with Crippen LogP contribution >= 0.6 is 0 Å². The predicted molar refractivity (Wildman–Crippen MR) is 75.5 cm³/mol. The van der Waals surface area contributed by atoms with Crippen LogP contribution in [0.25, 0.3) is 0 Å². The maximum absolute atomic E-state index is 13.4. The molecule has 1 fully saturated rings. The molecule has 0 amide bonds. The van der Waals surface area contributed by atoms with E-state index < -0.39 is 0 Å². The summed E-state index contributed by atoms with van der Waals surface area (Å²) in [5.74, 6) is 0.376. The van der Waals surface area contributed by atoms with Crippen LogP contribution in [0.5, 0.6) is 0 Å². The van der Waals surface area contributed by atoms with E-state index in [9.17, 15) is 4.39 Å². The Balaban J connectivity index is 1.82. The van der Waals surface area contributed by atoms with E-state index in [1.54, 1.807) is 12.1 Å². The van der Waals surface area contributed by atoms with Gasteiger partial charge in [0.15, 0.2) is 0 Å². The average Bonchev–Trinajstić information content (AvgIpc) is 2.40. The summed E-state index contributed by atoms with van der Waals surface area (Å²) in [4.78, 5) is 0. The first-order valence-corrected chi connectivity index (χ1v) is 6.75. The molecule has 1 aliphatic carbocycles. The quantitative estimate of drug-likeness (QED) is 0.891. The Labute approximate surface area is 113 Å². The van der Waals surface area contributed by atoms with E-state index >= 15 is 0 Å². The van der Waals surface area contributed by atoms with E-state index in [-0.39, 0.29) is 11.2 Å². The highest BCUT2D eigenvalue weighted by molar-refractivity contribution is 5.35. The number of hydrogen-bond donors (Lipinski definition) is 1. The van der Waals surface area contributed by atoms with E-state index in [1.165, 1.54) is 11.6 Å². The first-order chi connectivity index (χ1) is 9.23. The molecule has 98 valence electrons. The van der Waals surface area contributed by atoms with Crippen LogP contribution in [-0.2, 0) is 5.41 Å². The van der Waals surface area contributed by atoms with Gasteiger partial charge in [0.2, 0.25) is 0 Å². The molecule has 1 aliphatic rings. The number of rotatable bonds is 3. The van der Waals surface area contributed by atoms with E-state index in [0.29, 0.717) is 12.5 Å². The number of halogens is 1. The second-order valence-corrected chi connectivity index (χ2v) is 5.51. The molecule has 3 rings (SSSR count). The van der Waals surface area contributed by atoms with Gasteiger partial charge < -0.3 is 5.73 Å². The first-order valence-electron chi connectivity index (χ1n) is 6.75. The Morgan fingerprint density at radius 3 is 2.42 bits per heavy atom. The average molecular weight is 255 g/mol. The van der Waals surface area contributed by atoms with Crippen molar-refractivity contribution in [2.24, 2.45) is 5.73 Å². The third-order valence-corrected chi connectivity index (χ3v) is 4.37. The molecular weight excluding hydrogens is 237 g/mol. The van der Waals surface area contributed by atoms with Crippen molar-refractivity contribution in [3.05, 3.63) is 71.5 Å². The van der Waals surface area contributed by atoms with Gasteiger partial charge in [0, 0.05) is 12.0 Å². The molecule has 0 atom stereocenters. The van der Waals surface area contributed by atoms with Gasteiger partial charge >= 0.3 is 0 Å². The fourth-order valence-corrected chi connectivity index (χ4v) is 3.18. The summed E-state index contributed by atoms with van der Waals surface area (Å²) in [5, 5.41) is 0. The van der Waals surface area contributed by atoms with Crippen molar-refractivity contribution in [3.63, 3.8) is 0 Å². The fourth-order valence-electron chi connectivity index (χ4n) is 3.18. The highest BCUT2D eigenvalue weighted by Gasteiger charge is 2.44. The van der Waals surface area contributed by atoms with Gasteiger partial charge in [-0.2, -0.15) is 0 Å². The molecule has 0 saturated heterocycles. The second kappa shape index (κ2) is 4.78. The van der Waals surface area contributed by atoms with E-state index in [4.69, 9.17) is 5.73 Å². The van der Waals surface area contributed by atoms with Gasteiger partial charge in [-0.1, -0.05) is 42.5 Å². The lowest BCUT2D eigenvalue weighted by Crippen LogP contribution is -2.46. The first kappa shape index (κ1) is 12.4. The molecule has 1 saturated carbocycles. The molecule has 1 nitrogen and oxygen atoms in total. The van der Waals surface area contributed by atoms with Crippen molar-refractivity contribution in [2.45, 2.75) is 24.2 Å². The van der Waals surface area contributed by atoms with Crippen LogP contribution in [0.15, 0.2) is 54.6 Å². The van der Waals surface area contributed by atoms with Gasteiger partial charge in [0.25, 0.3) is 0 Å². The summed E-state index contributed by atoms with van der Waals surface area (Å²) in [6.45, 7) is 0.583. The summed E-state index contributed by atoms with van der Waals surface area (Å²) in [6.07, 6.45) is 2.02. The zero-order valence-corrected chi connectivity index (χ0v) is 10.9. The van der Waals surface area contributed by atoms with Crippen molar-refractivity contribution in [3.8, 4) is 0 Å². The van der Waals surface area contributed by atoms with Crippen molar-refractivity contribution >= 4 is 0 Å². The molecule has 2 N–H and O–H groups in total. The van der Waals surface area contributed by atoms with Gasteiger partial charge in [-0.05, 0) is 42.0 Å². The van der Waals surface area contributed by atoms with Crippen LogP contribution in [0.1, 0.15) is 29.9 Å². The van der Waals surface area contributed by atoms with Crippen molar-refractivity contribution in [2.75, 3.05) is 6.54 Å². The van der Waals surface area contributed by atoms with E-state index in [0.717, 1.165) is 18.4 Å². The van der Waals surface area contributed by atoms with Crippen molar-refractivity contribution in [1.82, 2.24) is 0 Å². The van der Waals surface area contributed by atoms with Crippen LogP contribution in [0.2, 0.25) is 0 Å². The zero-order valence-electron chi connectivity index (χ0n) is 10.9. The molecule has 0 aromatic heterocycles. The Morgan fingerprint density at radius 2 is 1.79 bits per heavy atom. The fraction of sp³-hybridized carbons (Fsp3) is 0.294. The highest BCUT2D eigenvalue weighted by Crippen LogP contribution is 2.52. The minimum Gasteiger partial charge on any atom is -0.330 e. The molecule has 2 heteroatoms. The maximum atomic E-state index is 13.4. The minimum atomic E-state index is -0.173. The molecule has 0 radical (unpaired) electrons. The Kier molecular flexibility index (Phi) is 3.11. The van der Waals surface area contributed by atoms with Gasteiger partial charge in [-0.25, -0.2) is 4.39 Å². The molecule has 0 heterocycles. The van der Waals surface area contributed by atoms with Gasteiger partial charge in [-0.3, -0.25) is 0 Å². The number of hydrogen-bond acceptors (Lipinski definition) is 1. The van der Waals surface area contributed by atoms with E-state index in [2.05, 4.69) is 24.3 Å². The SMILES string of the molecule is NCC1(c2cccc(F)c2)CC(c2ccccc2)C1. The Morgan fingerprint density at radius 1 is 1.05 bits per heavy atom. The van der Waals surface area contributed by atoms with E-state index in [1.807, 2.05) is 12.1 Å². The van der Waals surface area contributed by atoms with Crippen LogP contribution in [-0.4, -0.2) is 6.54 Å². The summed E-state index contributed by atoms with van der Waals surface area (Å²) in [6, 6.07) is 17.4. The molecular formula is C17H18FN. The summed E-state index contributed by atoms with van der Waals surface area (Å²) in [5.41, 5.74) is 8.34. The summed E-state index contributed by atoms with van der Waals surface area (Å²) >= 11 is 0. The molecule has 2 aromatic rings. The van der Waals surface area contributed by atoms with Crippen molar-refractivity contribution in [1.29, 1.82) is 0 Å². The number of benzene rings is 2. The lowest BCUT2D eigenvalue weighted by atomic mass is 9.57. The molecule has 0 aliphatic heterocycles. The molecule has 19 heavy (non-hydrogen) atoms. The highest BCUT2D eigenvalue weighted by atomic mass is 19.1. The summed E-state index contributed by atoms with van der Waals surface area (Å²) in [7, 11) is 0. The largest absolute Gasteiger partial charge is 0.330 e. The molecule has 2 aromatic carbocycles. The van der Waals surface area contributed by atoms with Crippen LogP contribution in [0.4, 0.5) is 4.39 Å². The smallest absolute Gasteiger partial charge is 0.123 e. The summed E-state index contributed by atoms with van der Waals surface area (Å²) < 4.78 is 13.4. The zero-order chi connectivity index (χ0) is 13.3. The standard InChI is InChI=1S/C17H18FN/c18-16-8-4-7-15(9-16)17(12-19)10-14(11-17)13-5-2-1-3-6-13/h1-9,14H,10-12,19H2. The Hall–Kier alpha value is -1.67. The monoisotopic (exact) mass is 255 g/mol. The van der Waals surface area contributed by atoms with Crippen LogP contribution < -0.4 is 5.73 Å². The molecule has 0 spiro atoms. The minimum absolute atomic E-state index is 0.0391.